The van der Waals surface area contributed by atoms with Crippen LogP contribution in [0.25, 0.3) is 0 Å². The summed E-state index contributed by atoms with van der Waals surface area (Å²) in [5.74, 6) is -2.73. The topological polar surface area (TPSA) is 17.1 Å². The molecule has 0 saturated heterocycles. The molecule has 0 spiro atoms. The molecule has 0 radical (unpaired) electrons. The third kappa shape index (κ3) is 2.68. The largest absolute Gasteiger partial charge is 0.439 e. The van der Waals surface area contributed by atoms with E-state index in [1.165, 1.54) is 0 Å². The third-order valence-corrected chi connectivity index (χ3v) is 2.45. The van der Waals surface area contributed by atoms with E-state index < -0.39 is 29.4 Å². The molecule has 19 heavy (non-hydrogen) atoms. The zero-order chi connectivity index (χ0) is 15.1. The van der Waals surface area contributed by atoms with E-state index in [-0.39, 0.29) is 5.02 Å². The van der Waals surface area contributed by atoms with Gasteiger partial charge in [-0.05, 0) is 24.3 Å². The monoisotopic (exact) mass is 308 g/mol. The zero-order valence-corrected chi connectivity index (χ0v) is 9.50. The van der Waals surface area contributed by atoms with Crippen LogP contribution in [0.1, 0.15) is 10.4 Å². The molecule has 0 aromatic heterocycles. The maximum absolute atomic E-state index is 13.4. The second-order valence-electron chi connectivity index (χ2n) is 3.49. The van der Waals surface area contributed by atoms with Gasteiger partial charge in [-0.15, -0.1) is 0 Å². The van der Waals surface area contributed by atoms with Gasteiger partial charge in [-0.3, -0.25) is 4.79 Å². The second kappa shape index (κ2) is 4.66. The summed E-state index contributed by atoms with van der Waals surface area (Å²) in [4.78, 5) is 11.2. The molecule has 0 N–H and O–H groups in total. The van der Waals surface area contributed by atoms with E-state index in [1.807, 2.05) is 0 Å². The van der Waals surface area contributed by atoms with Crippen LogP contribution in [0.3, 0.4) is 0 Å². The number of hydrogen-bond acceptors (Lipinski definition) is 1. The Morgan fingerprint density at radius 3 is 1.53 bits per heavy atom. The quantitative estimate of drug-likeness (QED) is 0.586. The van der Waals surface area contributed by atoms with Crippen molar-refractivity contribution in [3.05, 3.63) is 34.9 Å². The average molecular weight is 309 g/mol. The van der Waals surface area contributed by atoms with Crippen LogP contribution in [0.4, 0.5) is 30.7 Å². The molecule has 0 fully saturated rings. The SMILES string of the molecule is O=C(c1ccc(Cl)cc1)C(F)(C(F)(F)F)C(F)(F)F. The standard InChI is InChI=1S/C10H4ClF7O/c11-6-3-1-5(2-4-6)7(19)8(12,9(13,14)15)10(16,17)18/h1-4H. The van der Waals surface area contributed by atoms with Crippen LogP contribution in [0, 0.1) is 0 Å². The Balaban J connectivity index is 3.36. The highest BCUT2D eigenvalue weighted by Crippen LogP contribution is 2.48. The van der Waals surface area contributed by atoms with Gasteiger partial charge in [0.05, 0.1) is 0 Å². The predicted molar refractivity (Wildman–Crippen MR) is 51.7 cm³/mol. The summed E-state index contributed by atoms with van der Waals surface area (Å²) in [7, 11) is 0. The van der Waals surface area contributed by atoms with Crippen LogP contribution in [-0.4, -0.2) is 23.8 Å². The third-order valence-electron chi connectivity index (χ3n) is 2.20. The van der Waals surface area contributed by atoms with Gasteiger partial charge in [0.25, 0.3) is 0 Å². The number of Topliss-reactive ketones (excluding diaryl/α,β-unsaturated/α-hetero) is 1. The van der Waals surface area contributed by atoms with Gasteiger partial charge in [-0.25, -0.2) is 4.39 Å². The minimum Gasteiger partial charge on any atom is -0.290 e. The lowest BCUT2D eigenvalue weighted by Crippen LogP contribution is -2.58. The highest BCUT2D eigenvalue weighted by Gasteiger charge is 2.77. The lowest BCUT2D eigenvalue weighted by molar-refractivity contribution is -0.317. The molecule has 0 heterocycles. The predicted octanol–water partition coefficient (Wildman–Crippen LogP) is 4.36. The molecule has 0 amide bonds. The minimum atomic E-state index is -6.41. The van der Waals surface area contributed by atoms with Gasteiger partial charge in [-0.2, -0.15) is 26.3 Å². The first kappa shape index (κ1) is 15.7. The maximum Gasteiger partial charge on any atom is 0.439 e. The number of benzene rings is 1. The molecule has 0 unspecified atom stereocenters. The fourth-order valence-corrected chi connectivity index (χ4v) is 1.34. The van der Waals surface area contributed by atoms with E-state index in [0.717, 1.165) is 12.1 Å². The lowest BCUT2D eigenvalue weighted by Gasteiger charge is -2.28. The van der Waals surface area contributed by atoms with Gasteiger partial charge in [0.2, 0.25) is 5.78 Å². The van der Waals surface area contributed by atoms with Crippen molar-refractivity contribution in [1.29, 1.82) is 0 Å². The summed E-state index contributed by atoms with van der Waals surface area (Å²) < 4.78 is 87.0. The van der Waals surface area contributed by atoms with Crippen molar-refractivity contribution in [3.8, 4) is 0 Å². The normalized spacial score (nSPS) is 13.5. The number of ketones is 1. The Morgan fingerprint density at radius 1 is 0.842 bits per heavy atom. The molecule has 1 aromatic carbocycles. The van der Waals surface area contributed by atoms with Crippen molar-refractivity contribution >= 4 is 17.4 Å². The number of rotatable bonds is 2. The highest BCUT2D eigenvalue weighted by molar-refractivity contribution is 6.30. The fourth-order valence-electron chi connectivity index (χ4n) is 1.22. The molecule has 0 aliphatic rings. The second-order valence-corrected chi connectivity index (χ2v) is 3.93. The number of carbonyl (C=O) groups excluding carboxylic acids is 1. The van der Waals surface area contributed by atoms with Gasteiger partial charge in [-0.1, -0.05) is 11.6 Å². The van der Waals surface area contributed by atoms with E-state index >= 15 is 0 Å². The number of alkyl halides is 7. The van der Waals surface area contributed by atoms with Crippen molar-refractivity contribution in [3.63, 3.8) is 0 Å². The van der Waals surface area contributed by atoms with E-state index in [2.05, 4.69) is 0 Å². The Kier molecular flexibility index (Phi) is 3.86. The lowest BCUT2D eigenvalue weighted by atomic mass is 9.93. The van der Waals surface area contributed by atoms with E-state index in [1.54, 1.807) is 0 Å². The van der Waals surface area contributed by atoms with Crippen molar-refractivity contribution < 1.29 is 35.5 Å². The highest BCUT2D eigenvalue weighted by atomic mass is 35.5. The van der Waals surface area contributed by atoms with E-state index in [9.17, 15) is 35.5 Å². The van der Waals surface area contributed by atoms with Crippen molar-refractivity contribution in [1.82, 2.24) is 0 Å². The molecule has 0 aliphatic heterocycles. The molecule has 0 bridgehead atoms. The molecule has 106 valence electrons. The minimum absolute atomic E-state index is 0.0278. The van der Waals surface area contributed by atoms with Crippen molar-refractivity contribution in [2.75, 3.05) is 0 Å². The first-order valence-corrected chi connectivity index (χ1v) is 4.92. The molecular formula is C10H4ClF7O. The summed E-state index contributed by atoms with van der Waals surface area (Å²) >= 11 is 5.36. The van der Waals surface area contributed by atoms with Crippen molar-refractivity contribution in [2.45, 2.75) is 18.0 Å². The number of carbonyl (C=O) groups is 1. The van der Waals surface area contributed by atoms with Crippen LogP contribution in [0.5, 0.6) is 0 Å². The van der Waals surface area contributed by atoms with Crippen LogP contribution in [-0.2, 0) is 0 Å². The fraction of sp³-hybridized carbons (Fsp3) is 0.300. The van der Waals surface area contributed by atoms with Crippen LogP contribution in [0.15, 0.2) is 24.3 Å². The van der Waals surface area contributed by atoms with Crippen LogP contribution >= 0.6 is 11.6 Å². The maximum atomic E-state index is 13.4. The van der Waals surface area contributed by atoms with Crippen LogP contribution in [0.2, 0.25) is 5.02 Å². The van der Waals surface area contributed by atoms with Crippen LogP contribution < -0.4 is 0 Å². The molecule has 0 saturated carbocycles. The van der Waals surface area contributed by atoms with Gasteiger partial charge in [0, 0.05) is 10.6 Å². The zero-order valence-electron chi connectivity index (χ0n) is 8.74. The molecule has 0 atom stereocenters. The molecule has 0 aliphatic carbocycles. The summed E-state index contributed by atoms with van der Waals surface area (Å²) in [6.07, 6.45) is -12.8. The first-order chi connectivity index (χ1) is 8.41. The molecule has 1 rings (SSSR count). The number of hydrogen-bond donors (Lipinski definition) is 0. The van der Waals surface area contributed by atoms with E-state index in [4.69, 9.17) is 11.6 Å². The Bertz CT molecular complexity index is 460. The van der Waals surface area contributed by atoms with Gasteiger partial charge >= 0.3 is 18.0 Å². The Morgan fingerprint density at radius 2 is 1.21 bits per heavy atom. The molecule has 1 aromatic rings. The Labute approximate surface area is 107 Å². The van der Waals surface area contributed by atoms with Gasteiger partial charge in [0.1, 0.15) is 0 Å². The Hall–Kier alpha value is -1.31. The molecule has 1 nitrogen and oxygen atoms in total. The van der Waals surface area contributed by atoms with Gasteiger partial charge < -0.3 is 0 Å². The first-order valence-electron chi connectivity index (χ1n) is 4.54. The average Bonchev–Trinajstić information content (AvgIpc) is 2.25. The van der Waals surface area contributed by atoms with Gasteiger partial charge in [0.15, 0.2) is 0 Å². The van der Waals surface area contributed by atoms with E-state index in [0.29, 0.717) is 12.1 Å². The number of halogens is 8. The summed E-state index contributed by atoms with van der Waals surface area (Å²) in [6.45, 7) is 0. The van der Waals surface area contributed by atoms with Crippen molar-refractivity contribution in [2.24, 2.45) is 0 Å². The summed E-state index contributed by atoms with van der Waals surface area (Å²) in [6, 6.07) is 2.91. The summed E-state index contributed by atoms with van der Waals surface area (Å²) in [5.41, 5.74) is -7.03. The smallest absolute Gasteiger partial charge is 0.290 e. The molecule has 9 heteroatoms. The summed E-state index contributed by atoms with van der Waals surface area (Å²) in [5, 5.41) is -0.0278. The molecular weight excluding hydrogens is 305 g/mol.